The fourth-order valence-corrected chi connectivity index (χ4v) is 5.61. The van der Waals surface area contributed by atoms with E-state index in [2.05, 4.69) is 15.6 Å². The summed E-state index contributed by atoms with van der Waals surface area (Å²) >= 11 is 0. The lowest BCUT2D eigenvalue weighted by molar-refractivity contribution is 0.0697. The molecule has 0 radical (unpaired) electrons. The SMILES string of the molecule is O=C(NCc1ccccc1)c1cn(CC2CCCN2S(=O)(=O)N2CCOCC2)nn1. The van der Waals surface area contributed by atoms with E-state index in [9.17, 15) is 13.2 Å². The molecule has 4 rings (SSSR count). The fraction of sp³-hybridized carbons (Fsp3) is 0.526. The number of rotatable bonds is 7. The average Bonchev–Trinajstić information content (AvgIpc) is 3.44. The molecular formula is C19H26N6O4S. The number of carbonyl (C=O) groups is 1. The maximum absolute atomic E-state index is 13.0. The quantitative estimate of drug-likeness (QED) is 0.669. The summed E-state index contributed by atoms with van der Waals surface area (Å²) in [6.07, 6.45) is 3.12. The van der Waals surface area contributed by atoms with Gasteiger partial charge in [0.2, 0.25) is 0 Å². The van der Waals surface area contributed by atoms with Crippen LogP contribution in [0.3, 0.4) is 0 Å². The van der Waals surface area contributed by atoms with Crippen molar-refractivity contribution in [3.8, 4) is 0 Å². The highest BCUT2D eigenvalue weighted by atomic mass is 32.2. The Kier molecular flexibility index (Phi) is 6.42. The number of benzene rings is 1. The fourth-order valence-electron chi connectivity index (χ4n) is 3.80. The van der Waals surface area contributed by atoms with Crippen LogP contribution in [-0.2, 0) is 28.0 Å². The summed E-state index contributed by atoms with van der Waals surface area (Å²) in [6.45, 7) is 2.85. The number of hydrogen-bond donors (Lipinski definition) is 1. The molecule has 2 fully saturated rings. The molecule has 1 amide bonds. The number of ether oxygens (including phenoxy) is 1. The van der Waals surface area contributed by atoms with Crippen LogP contribution < -0.4 is 5.32 Å². The minimum Gasteiger partial charge on any atom is -0.379 e. The number of nitrogens with zero attached hydrogens (tertiary/aromatic N) is 5. The number of hydrogen-bond acceptors (Lipinski definition) is 6. The van der Waals surface area contributed by atoms with Gasteiger partial charge in [0.05, 0.1) is 26.0 Å². The molecule has 0 saturated carbocycles. The van der Waals surface area contributed by atoms with Crippen molar-refractivity contribution in [2.75, 3.05) is 32.8 Å². The maximum Gasteiger partial charge on any atom is 0.282 e. The van der Waals surface area contributed by atoms with Gasteiger partial charge >= 0.3 is 0 Å². The van der Waals surface area contributed by atoms with E-state index in [-0.39, 0.29) is 17.6 Å². The molecule has 2 aromatic rings. The lowest BCUT2D eigenvalue weighted by Crippen LogP contribution is -2.50. The molecule has 0 bridgehead atoms. The van der Waals surface area contributed by atoms with Gasteiger partial charge in [0.1, 0.15) is 0 Å². The zero-order chi connectivity index (χ0) is 21.0. The Hall–Kier alpha value is -2.34. The number of aromatic nitrogens is 3. The standard InChI is InChI=1S/C19H26N6O4S/c26-19(20-13-16-5-2-1-3-6-16)18-15-23(22-21-18)14-17-7-4-8-25(17)30(27,28)24-9-11-29-12-10-24/h1-3,5-6,15,17H,4,7-14H2,(H,20,26). The zero-order valence-corrected chi connectivity index (χ0v) is 17.5. The molecule has 1 aromatic carbocycles. The average molecular weight is 435 g/mol. The Morgan fingerprint density at radius 2 is 1.93 bits per heavy atom. The van der Waals surface area contributed by atoms with Crippen molar-refractivity contribution in [3.63, 3.8) is 0 Å². The van der Waals surface area contributed by atoms with E-state index < -0.39 is 10.2 Å². The van der Waals surface area contributed by atoms with E-state index in [1.807, 2.05) is 30.3 Å². The molecule has 2 aliphatic rings. The van der Waals surface area contributed by atoms with Gasteiger partial charge in [-0.25, -0.2) is 0 Å². The number of morpholine rings is 1. The van der Waals surface area contributed by atoms with E-state index in [1.165, 1.54) is 4.31 Å². The summed E-state index contributed by atoms with van der Waals surface area (Å²) in [7, 11) is -3.53. The normalized spacial score (nSPS) is 21.0. The first kappa shape index (κ1) is 20.9. The lowest BCUT2D eigenvalue weighted by Gasteiger charge is -2.32. The molecule has 30 heavy (non-hydrogen) atoms. The smallest absolute Gasteiger partial charge is 0.282 e. The van der Waals surface area contributed by atoms with Crippen LogP contribution >= 0.6 is 0 Å². The molecule has 10 nitrogen and oxygen atoms in total. The molecule has 2 aliphatic heterocycles. The number of nitrogens with one attached hydrogen (secondary N) is 1. The van der Waals surface area contributed by atoms with Gasteiger partial charge in [-0.1, -0.05) is 35.5 Å². The molecule has 1 aromatic heterocycles. The zero-order valence-electron chi connectivity index (χ0n) is 16.7. The van der Waals surface area contributed by atoms with Crippen LogP contribution in [0, 0.1) is 0 Å². The molecule has 11 heteroatoms. The molecule has 0 spiro atoms. The van der Waals surface area contributed by atoms with Crippen molar-refractivity contribution in [2.24, 2.45) is 0 Å². The van der Waals surface area contributed by atoms with Crippen molar-refractivity contribution < 1.29 is 17.9 Å². The molecule has 162 valence electrons. The minimum absolute atomic E-state index is 0.209. The van der Waals surface area contributed by atoms with Gasteiger partial charge in [-0.2, -0.15) is 17.0 Å². The van der Waals surface area contributed by atoms with Gasteiger partial charge in [-0.05, 0) is 18.4 Å². The van der Waals surface area contributed by atoms with Crippen LogP contribution in [-0.4, -0.2) is 76.8 Å². The summed E-state index contributed by atoms with van der Waals surface area (Å²) in [5, 5.41) is 10.8. The van der Waals surface area contributed by atoms with Gasteiger partial charge < -0.3 is 10.1 Å². The summed E-state index contributed by atoms with van der Waals surface area (Å²) < 4.78 is 35.9. The highest BCUT2D eigenvalue weighted by molar-refractivity contribution is 7.86. The first-order valence-corrected chi connectivity index (χ1v) is 11.5. The van der Waals surface area contributed by atoms with Crippen LogP contribution in [0.5, 0.6) is 0 Å². The van der Waals surface area contributed by atoms with Gasteiger partial charge in [-0.3, -0.25) is 9.48 Å². The second-order valence-electron chi connectivity index (χ2n) is 7.42. The third-order valence-corrected chi connectivity index (χ3v) is 7.47. The molecule has 0 aliphatic carbocycles. The Balaban J connectivity index is 1.37. The van der Waals surface area contributed by atoms with E-state index in [0.29, 0.717) is 45.9 Å². The number of carbonyl (C=O) groups excluding carboxylic acids is 1. The van der Waals surface area contributed by atoms with Gasteiger partial charge in [0.15, 0.2) is 5.69 Å². The monoisotopic (exact) mass is 434 g/mol. The lowest BCUT2D eigenvalue weighted by atomic mass is 10.2. The molecule has 3 heterocycles. The molecule has 2 saturated heterocycles. The maximum atomic E-state index is 13.0. The Bertz CT molecular complexity index is 958. The topological polar surface area (TPSA) is 110 Å². The van der Waals surface area contributed by atoms with Gasteiger partial charge in [0, 0.05) is 32.2 Å². The first-order valence-electron chi connectivity index (χ1n) is 10.1. The third-order valence-electron chi connectivity index (χ3n) is 5.38. The van der Waals surface area contributed by atoms with E-state index in [1.54, 1.807) is 15.2 Å². The van der Waals surface area contributed by atoms with Crippen molar-refractivity contribution in [3.05, 3.63) is 47.8 Å². The van der Waals surface area contributed by atoms with E-state index >= 15 is 0 Å². The Morgan fingerprint density at radius 3 is 2.70 bits per heavy atom. The van der Waals surface area contributed by atoms with Crippen LogP contribution in [0.1, 0.15) is 28.9 Å². The van der Waals surface area contributed by atoms with Crippen LogP contribution in [0.2, 0.25) is 0 Å². The molecular weight excluding hydrogens is 408 g/mol. The van der Waals surface area contributed by atoms with E-state index in [0.717, 1.165) is 18.4 Å². The third kappa shape index (κ3) is 4.69. The largest absolute Gasteiger partial charge is 0.379 e. The highest BCUT2D eigenvalue weighted by Crippen LogP contribution is 2.25. The van der Waals surface area contributed by atoms with Gasteiger partial charge in [-0.15, -0.1) is 5.10 Å². The molecule has 1 atom stereocenters. The van der Waals surface area contributed by atoms with Crippen molar-refractivity contribution >= 4 is 16.1 Å². The van der Waals surface area contributed by atoms with Gasteiger partial charge in [0.25, 0.3) is 16.1 Å². The predicted octanol–water partition coefficient (Wildman–Crippen LogP) is 0.250. The van der Waals surface area contributed by atoms with Crippen LogP contribution in [0.4, 0.5) is 0 Å². The molecule has 1 N–H and O–H groups in total. The second-order valence-corrected chi connectivity index (χ2v) is 9.30. The predicted molar refractivity (Wildman–Crippen MR) is 109 cm³/mol. The summed E-state index contributed by atoms with van der Waals surface area (Å²) in [6, 6.07) is 9.40. The minimum atomic E-state index is -3.53. The van der Waals surface area contributed by atoms with E-state index in [4.69, 9.17) is 4.74 Å². The summed E-state index contributed by atoms with van der Waals surface area (Å²) in [5.74, 6) is -0.311. The van der Waals surface area contributed by atoms with Crippen LogP contribution in [0.25, 0.3) is 0 Å². The summed E-state index contributed by atoms with van der Waals surface area (Å²) in [5.41, 5.74) is 1.21. The Labute approximate surface area is 176 Å². The summed E-state index contributed by atoms with van der Waals surface area (Å²) in [4.78, 5) is 12.3. The van der Waals surface area contributed by atoms with Crippen molar-refractivity contribution in [1.29, 1.82) is 0 Å². The highest BCUT2D eigenvalue weighted by Gasteiger charge is 2.38. The Morgan fingerprint density at radius 1 is 1.17 bits per heavy atom. The second kappa shape index (κ2) is 9.21. The van der Waals surface area contributed by atoms with Crippen LogP contribution in [0.15, 0.2) is 36.5 Å². The number of amides is 1. The van der Waals surface area contributed by atoms with Crippen molar-refractivity contribution in [2.45, 2.75) is 32.0 Å². The first-order chi connectivity index (χ1) is 14.5. The van der Waals surface area contributed by atoms with Crippen molar-refractivity contribution in [1.82, 2.24) is 28.9 Å². The molecule has 1 unspecified atom stereocenters.